The lowest BCUT2D eigenvalue weighted by Gasteiger charge is -2.23. The maximum atomic E-state index is 12.1. The van der Waals surface area contributed by atoms with Gasteiger partial charge < -0.3 is 10.6 Å². The van der Waals surface area contributed by atoms with Gasteiger partial charge in [0, 0.05) is 18.3 Å². The average Bonchev–Trinajstić information content (AvgIpc) is 2.87. The predicted molar refractivity (Wildman–Crippen MR) is 83.0 cm³/mol. The number of rotatable bonds is 6. The zero-order valence-electron chi connectivity index (χ0n) is 12.5. The van der Waals surface area contributed by atoms with Gasteiger partial charge in [0.1, 0.15) is 0 Å². The van der Waals surface area contributed by atoms with Gasteiger partial charge in [-0.25, -0.2) is 0 Å². The quantitative estimate of drug-likeness (QED) is 0.833. The van der Waals surface area contributed by atoms with Crippen LogP contribution in [0.4, 0.5) is 5.69 Å². The number of nitrogens with zero attached hydrogens (tertiary/aromatic N) is 1. The molecule has 1 fully saturated rings. The van der Waals surface area contributed by atoms with E-state index in [2.05, 4.69) is 34.6 Å². The molecule has 0 radical (unpaired) electrons. The average molecular weight is 275 g/mol. The Morgan fingerprint density at radius 2 is 2.10 bits per heavy atom. The van der Waals surface area contributed by atoms with Crippen molar-refractivity contribution in [2.24, 2.45) is 0 Å². The van der Waals surface area contributed by atoms with Crippen LogP contribution in [0.3, 0.4) is 0 Å². The van der Waals surface area contributed by atoms with Crippen molar-refractivity contribution in [2.45, 2.75) is 32.2 Å². The van der Waals surface area contributed by atoms with E-state index in [1.165, 1.54) is 18.4 Å². The van der Waals surface area contributed by atoms with Gasteiger partial charge in [0.05, 0.1) is 6.54 Å². The van der Waals surface area contributed by atoms with Crippen LogP contribution in [0.2, 0.25) is 0 Å². The van der Waals surface area contributed by atoms with Gasteiger partial charge in [-0.05, 0) is 50.6 Å². The summed E-state index contributed by atoms with van der Waals surface area (Å²) in [5, 5.41) is 6.18. The Labute approximate surface area is 121 Å². The van der Waals surface area contributed by atoms with E-state index in [9.17, 15) is 4.79 Å². The van der Waals surface area contributed by atoms with E-state index in [-0.39, 0.29) is 5.91 Å². The van der Waals surface area contributed by atoms with Gasteiger partial charge in [0.25, 0.3) is 0 Å². The lowest BCUT2D eigenvalue weighted by atomic mass is 10.1. The summed E-state index contributed by atoms with van der Waals surface area (Å²) in [4.78, 5) is 14.4. The van der Waals surface area contributed by atoms with E-state index in [0.717, 1.165) is 25.2 Å². The number of carbonyl (C=O) groups excluding carboxylic acids is 1. The highest BCUT2D eigenvalue weighted by molar-refractivity contribution is 5.92. The van der Waals surface area contributed by atoms with Gasteiger partial charge in [0.2, 0.25) is 5.91 Å². The molecule has 0 saturated carbocycles. The Bertz CT molecular complexity index is 430. The van der Waals surface area contributed by atoms with Gasteiger partial charge in [0.15, 0.2) is 0 Å². The van der Waals surface area contributed by atoms with Crippen molar-refractivity contribution >= 4 is 11.6 Å². The van der Waals surface area contributed by atoms with E-state index >= 15 is 0 Å². The molecule has 1 aliphatic rings. The normalized spacial score (nSPS) is 19.2. The molecule has 1 aromatic rings. The predicted octanol–water partition coefficient (Wildman–Crippen LogP) is 1.87. The van der Waals surface area contributed by atoms with Crippen molar-refractivity contribution in [1.82, 2.24) is 10.2 Å². The van der Waals surface area contributed by atoms with Gasteiger partial charge in [-0.3, -0.25) is 9.69 Å². The maximum Gasteiger partial charge on any atom is 0.238 e. The van der Waals surface area contributed by atoms with Crippen molar-refractivity contribution in [1.29, 1.82) is 0 Å². The monoisotopic (exact) mass is 275 g/mol. The second-order valence-corrected chi connectivity index (χ2v) is 5.42. The lowest BCUT2D eigenvalue weighted by Crippen LogP contribution is -2.41. The van der Waals surface area contributed by atoms with Crippen LogP contribution >= 0.6 is 0 Å². The first kappa shape index (κ1) is 15.0. The lowest BCUT2D eigenvalue weighted by molar-refractivity contribution is -0.117. The fraction of sp³-hybridized carbons (Fsp3) is 0.562. The number of hydrogen-bond acceptors (Lipinski definition) is 3. The molecule has 4 nitrogen and oxygen atoms in total. The van der Waals surface area contributed by atoms with E-state index in [0.29, 0.717) is 12.6 Å². The van der Waals surface area contributed by atoms with Crippen molar-refractivity contribution < 1.29 is 4.79 Å². The SMILES string of the molecule is CCc1ccc(NC(=O)CN2CCCC2CNC)cc1. The number of aryl methyl sites for hydroxylation is 1. The van der Waals surface area contributed by atoms with E-state index in [1.807, 2.05) is 19.2 Å². The van der Waals surface area contributed by atoms with Crippen LogP contribution in [-0.2, 0) is 11.2 Å². The van der Waals surface area contributed by atoms with Crippen LogP contribution in [0.1, 0.15) is 25.3 Å². The molecule has 2 N–H and O–H groups in total. The molecule has 20 heavy (non-hydrogen) atoms. The number of amides is 1. The second-order valence-electron chi connectivity index (χ2n) is 5.42. The molecule has 0 aromatic heterocycles. The molecule has 1 aromatic carbocycles. The fourth-order valence-electron chi connectivity index (χ4n) is 2.78. The molecular weight excluding hydrogens is 250 g/mol. The minimum atomic E-state index is 0.0808. The summed E-state index contributed by atoms with van der Waals surface area (Å²) in [5.74, 6) is 0.0808. The molecule has 110 valence electrons. The third-order valence-corrected chi connectivity index (χ3v) is 3.93. The number of anilines is 1. The first-order valence-corrected chi connectivity index (χ1v) is 7.50. The smallest absolute Gasteiger partial charge is 0.238 e. The third kappa shape index (κ3) is 4.05. The van der Waals surface area contributed by atoms with Gasteiger partial charge >= 0.3 is 0 Å². The molecular formula is C16H25N3O. The number of likely N-dealkylation sites (N-methyl/N-ethyl adjacent to an activating group) is 1. The summed E-state index contributed by atoms with van der Waals surface area (Å²) in [6, 6.07) is 8.58. The third-order valence-electron chi connectivity index (χ3n) is 3.93. The van der Waals surface area contributed by atoms with Gasteiger partial charge in [-0.1, -0.05) is 19.1 Å². The molecule has 1 aliphatic heterocycles. The first-order chi connectivity index (χ1) is 9.72. The van der Waals surface area contributed by atoms with E-state index in [4.69, 9.17) is 0 Å². The van der Waals surface area contributed by atoms with Crippen LogP contribution in [0.15, 0.2) is 24.3 Å². The molecule has 4 heteroatoms. The van der Waals surface area contributed by atoms with Crippen LogP contribution in [-0.4, -0.2) is 43.5 Å². The summed E-state index contributed by atoms with van der Waals surface area (Å²) in [6.07, 6.45) is 3.39. The molecule has 1 amide bonds. The van der Waals surface area contributed by atoms with Crippen molar-refractivity contribution in [3.05, 3.63) is 29.8 Å². The van der Waals surface area contributed by atoms with Crippen molar-refractivity contribution in [3.8, 4) is 0 Å². The molecule has 0 aliphatic carbocycles. The second kappa shape index (κ2) is 7.41. The molecule has 1 unspecified atom stereocenters. The Hall–Kier alpha value is -1.39. The van der Waals surface area contributed by atoms with E-state index < -0.39 is 0 Å². The van der Waals surface area contributed by atoms with Crippen LogP contribution < -0.4 is 10.6 Å². The number of benzene rings is 1. The summed E-state index contributed by atoms with van der Waals surface area (Å²) < 4.78 is 0. The topological polar surface area (TPSA) is 44.4 Å². The van der Waals surface area contributed by atoms with Crippen molar-refractivity contribution in [2.75, 3.05) is 32.0 Å². The molecule has 0 spiro atoms. The number of nitrogens with one attached hydrogen (secondary N) is 2. The van der Waals surface area contributed by atoms with E-state index in [1.54, 1.807) is 0 Å². The highest BCUT2D eigenvalue weighted by atomic mass is 16.2. The minimum Gasteiger partial charge on any atom is -0.325 e. The van der Waals surface area contributed by atoms with Crippen molar-refractivity contribution in [3.63, 3.8) is 0 Å². The summed E-state index contributed by atoms with van der Waals surface area (Å²) in [5.41, 5.74) is 2.17. The summed E-state index contributed by atoms with van der Waals surface area (Å²) >= 11 is 0. The Morgan fingerprint density at radius 1 is 1.35 bits per heavy atom. The molecule has 1 saturated heterocycles. The van der Waals surface area contributed by atoms with Crippen LogP contribution in [0, 0.1) is 0 Å². The number of hydrogen-bond donors (Lipinski definition) is 2. The fourth-order valence-corrected chi connectivity index (χ4v) is 2.78. The van der Waals surface area contributed by atoms with Gasteiger partial charge in [-0.2, -0.15) is 0 Å². The van der Waals surface area contributed by atoms with Crippen LogP contribution in [0.25, 0.3) is 0 Å². The summed E-state index contributed by atoms with van der Waals surface area (Å²) in [7, 11) is 1.96. The first-order valence-electron chi connectivity index (χ1n) is 7.50. The highest BCUT2D eigenvalue weighted by Crippen LogP contribution is 2.16. The maximum absolute atomic E-state index is 12.1. The molecule has 0 bridgehead atoms. The highest BCUT2D eigenvalue weighted by Gasteiger charge is 2.25. The molecule has 2 rings (SSSR count). The zero-order chi connectivity index (χ0) is 14.4. The number of likely N-dealkylation sites (tertiary alicyclic amines) is 1. The van der Waals surface area contributed by atoms with Gasteiger partial charge in [-0.15, -0.1) is 0 Å². The zero-order valence-corrected chi connectivity index (χ0v) is 12.5. The Morgan fingerprint density at radius 3 is 2.75 bits per heavy atom. The Balaban J connectivity index is 1.85. The largest absolute Gasteiger partial charge is 0.325 e. The number of carbonyl (C=O) groups is 1. The van der Waals surface area contributed by atoms with Crippen LogP contribution in [0.5, 0.6) is 0 Å². The standard InChI is InChI=1S/C16H25N3O/c1-3-13-6-8-14(9-7-13)18-16(20)12-19-10-4-5-15(19)11-17-2/h6-9,15,17H,3-5,10-12H2,1-2H3,(H,18,20). The Kier molecular flexibility index (Phi) is 5.56. The molecule has 1 heterocycles. The molecule has 1 atom stereocenters. The minimum absolute atomic E-state index is 0.0808. The summed E-state index contributed by atoms with van der Waals surface area (Å²) in [6.45, 7) is 4.59.